The van der Waals surface area contributed by atoms with Gasteiger partial charge in [0, 0.05) is 31.6 Å². The van der Waals surface area contributed by atoms with Gasteiger partial charge in [-0.25, -0.2) is 4.98 Å². The van der Waals surface area contributed by atoms with Crippen molar-refractivity contribution in [1.29, 1.82) is 0 Å². The first-order valence-corrected chi connectivity index (χ1v) is 6.51. The molecule has 2 atom stereocenters. The SMILES string of the molecule is COCCN1CCC(N)C1c1csc(C)n1. The minimum atomic E-state index is 0.207. The predicted molar refractivity (Wildman–Crippen MR) is 65.6 cm³/mol. The van der Waals surface area contributed by atoms with Crippen LogP contribution in [0.2, 0.25) is 0 Å². The van der Waals surface area contributed by atoms with Crippen molar-refractivity contribution >= 4 is 11.3 Å². The summed E-state index contributed by atoms with van der Waals surface area (Å²) in [5.41, 5.74) is 7.29. The number of nitrogens with zero attached hydrogens (tertiary/aromatic N) is 2. The summed E-state index contributed by atoms with van der Waals surface area (Å²) in [5, 5.41) is 3.24. The molecule has 0 bridgehead atoms. The quantitative estimate of drug-likeness (QED) is 0.860. The Hall–Kier alpha value is -0.490. The van der Waals surface area contributed by atoms with E-state index in [2.05, 4.69) is 15.3 Å². The molecule has 90 valence electrons. The first-order chi connectivity index (χ1) is 7.72. The molecule has 2 heterocycles. The van der Waals surface area contributed by atoms with E-state index in [1.54, 1.807) is 18.4 Å². The smallest absolute Gasteiger partial charge is 0.0898 e. The van der Waals surface area contributed by atoms with E-state index in [1.807, 2.05) is 6.92 Å². The van der Waals surface area contributed by atoms with E-state index in [9.17, 15) is 0 Å². The third-order valence-electron chi connectivity index (χ3n) is 3.07. The topological polar surface area (TPSA) is 51.4 Å². The van der Waals surface area contributed by atoms with Crippen molar-refractivity contribution in [3.63, 3.8) is 0 Å². The molecule has 1 aromatic heterocycles. The van der Waals surface area contributed by atoms with E-state index in [1.165, 1.54) is 0 Å². The molecule has 1 aromatic rings. The average molecular weight is 241 g/mol. The Morgan fingerprint density at radius 1 is 1.69 bits per heavy atom. The van der Waals surface area contributed by atoms with Crippen LogP contribution < -0.4 is 5.73 Å². The van der Waals surface area contributed by atoms with Crippen molar-refractivity contribution in [3.05, 3.63) is 16.1 Å². The Morgan fingerprint density at radius 3 is 3.12 bits per heavy atom. The molecule has 0 saturated carbocycles. The summed E-state index contributed by atoms with van der Waals surface area (Å²) in [5.74, 6) is 0. The third-order valence-corrected chi connectivity index (χ3v) is 3.86. The van der Waals surface area contributed by atoms with Gasteiger partial charge in [0.2, 0.25) is 0 Å². The van der Waals surface area contributed by atoms with Crippen LogP contribution in [0.1, 0.15) is 23.2 Å². The molecule has 0 aliphatic carbocycles. The van der Waals surface area contributed by atoms with Crippen molar-refractivity contribution in [3.8, 4) is 0 Å². The number of aromatic nitrogens is 1. The van der Waals surface area contributed by atoms with Crippen molar-refractivity contribution in [2.24, 2.45) is 5.73 Å². The number of methoxy groups -OCH3 is 1. The molecule has 1 saturated heterocycles. The monoisotopic (exact) mass is 241 g/mol. The van der Waals surface area contributed by atoms with Crippen LogP contribution in [-0.4, -0.2) is 42.7 Å². The summed E-state index contributed by atoms with van der Waals surface area (Å²) >= 11 is 1.69. The fourth-order valence-electron chi connectivity index (χ4n) is 2.26. The van der Waals surface area contributed by atoms with Crippen LogP contribution in [0.15, 0.2) is 5.38 Å². The van der Waals surface area contributed by atoms with Gasteiger partial charge < -0.3 is 10.5 Å². The summed E-state index contributed by atoms with van der Waals surface area (Å²) in [6, 6.07) is 0.485. The van der Waals surface area contributed by atoms with Crippen LogP contribution in [0.3, 0.4) is 0 Å². The lowest BCUT2D eigenvalue weighted by Gasteiger charge is -2.24. The molecular weight excluding hydrogens is 222 g/mol. The molecule has 2 unspecified atom stereocenters. The largest absolute Gasteiger partial charge is 0.383 e. The molecule has 1 aliphatic heterocycles. The molecule has 0 amide bonds. The van der Waals surface area contributed by atoms with Crippen LogP contribution in [0, 0.1) is 6.92 Å². The summed E-state index contributed by atoms with van der Waals surface area (Å²) < 4.78 is 5.13. The van der Waals surface area contributed by atoms with Crippen molar-refractivity contribution < 1.29 is 4.74 Å². The second-order valence-corrected chi connectivity index (χ2v) is 5.28. The zero-order valence-corrected chi connectivity index (χ0v) is 10.7. The molecule has 4 nitrogen and oxygen atoms in total. The minimum Gasteiger partial charge on any atom is -0.383 e. The molecule has 5 heteroatoms. The van der Waals surface area contributed by atoms with Gasteiger partial charge in [-0.15, -0.1) is 11.3 Å². The number of hydrogen-bond acceptors (Lipinski definition) is 5. The highest BCUT2D eigenvalue weighted by molar-refractivity contribution is 7.09. The van der Waals surface area contributed by atoms with Gasteiger partial charge >= 0.3 is 0 Å². The number of nitrogens with two attached hydrogens (primary N) is 1. The summed E-state index contributed by atoms with van der Waals surface area (Å²) in [6.45, 7) is 4.78. The summed E-state index contributed by atoms with van der Waals surface area (Å²) in [4.78, 5) is 6.94. The van der Waals surface area contributed by atoms with Gasteiger partial charge in [-0.1, -0.05) is 0 Å². The number of thiazole rings is 1. The number of rotatable bonds is 4. The average Bonchev–Trinajstić information content (AvgIpc) is 2.82. The fourth-order valence-corrected chi connectivity index (χ4v) is 2.91. The van der Waals surface area contributed by atoms with Crippen molar-refractivity contribution in [1.82, 2.24) is 9.88 Å². The molecular formula is C11H19N3OS. The Bertz CT molecular complexity index is 342. The number of hydrogen-bond donors (Lipinski definition) is 1. The normalized spacial score (nSPS) is 26.4. The van der Waals surface area contributed by atoms with Gasteiger partial charge in [0.15, 0.2) is 0 Å². The van der Waals surface area contributed by atoms with Gasteiger partial charge in [-0.05, 0) is 13.3 Å². The fraction of sp³-hybridized carbons (Fsp3) is 0.727. The summed E-state index contributed by atoms with van der Waals surface area (Å²) in [6.07, 6.45) is 1.05. The minimum absolute atomic E-state index is 0.207. The van der Waals surface area contributed by atoms with Gasteiger partial charge in [-0.2, -0.15) is 0 Å². The van der Waals surface area contributed by atoms with E-state index in [0.29, 0.717) is 0 Å². The Labute approximate surface area is 100 Å². The zero-order chi connectivity index (χ0) is 11.5. The van der Waals surface area contributed by atoms with Crippen LogP contribution in [0.5, 0.6) is 0 Å². The first-order valence-electron chi connectivity index (χ1n) is 5.63. The van der Waals surface area contributed by atoms with Crippen LogP contribution >= 0.6 is 11.3 Å². The molecule has 0 radical (unpaired) electrons. The highest BCUT2D eigenvalue weighted by atomic mass is 32.1. The first kappa shape index (κ1) is 12.0. The van der Waals surface area contributed by atoms with Gasteiger partial charge in [0.05, 0.1) is 23.4 Å². The van der Waals surface area contributed by atoms with Crippen LogP contribution in [-0.2, 0) is 4.74 Å². The van der Waals surface area contributed by atoms with Crippen molar-refractivity contribution in [2.75, 3.05) is 26.8 Å². The van der Waals surface area contributed by atoms with E-state index < -0.39 is 0 Å². The predicted octanol–water partition coefficient (Wildman–Crippen LogP) is 1.17. The number of likely N-dealkylation sites (tertiary alicyclic amines) is 1. The second-order valence-electron chi connectivity index (χ2n) is 4.22. The third kappa shape index (κ3) is 2.43. The second kappa shape index (κ2) is 5.23. The highest BCUT2D eigenvalue weighted by Gasteiger charge is 2.33. The van der Waals surface area contributed by atoms with E-state index in [0.717, 1.165) is 36.8 Å². The van der Waals surface area contributed by atoms with Crippen LogP contribution in [0.25, 0.3) is 0 Å². The van der Waals surface area contributed by atoms with Gasteiger partial charge in [0.1, 0.15) is 0 Å². The van der Waals surface area contributed by atoms with Gasteiger partial charge in [0.25, 0.3) is 0 Å². The van der Waals surface area contributed by atoms with Crippen LogP contribution in [0.4, 0.5) is 0 Å². The molecule has 2 N–H and O–H groups in total. The Kier molecular flexibility index (Phi) is 3.91. The summed E-state index contributed by atoms with van der Waals surface area (Å²) in [7, 11) is 1.73. The molecule has 16 heavy (non-hydrogen) atoms. The van der Waals surface area contributed by atoms with Crippen molar-refractivity contribution in [2.45, 2.75) is 25.4 Å². The Morgan fingerprint density at radius 2 is 2.50 bits per heavy atom. The van der Waals surface area contributed by atoms with E-state index in [4.69, 9.17) is 10.5 Å². The molecule has 2 rings (SSSR count). The number of aryl methyl sites for hydroxylation is 1. The maximum atomic E-state index is 6.16. The maximum Gasteiger partial charge on any atom is 0.0898 e. The molecule has 0 spiro atoms. The lowest BCUT2D eigenvalue weighted by atomic mass is 10.1. The number of ether oxygens (including phenoxy) is 1. The Balaban J connectivity index is 2.09. The lowest BCUT2D eigenvalue weighted by molar-refractivity contribution is 0.138. The standard InChI is InChI=1S/C11H19N3OS/c1-8-13-10(7-16-8)11-9(12)3-4-14(11)5-6-15-2/h7,9,11H,3-6,12H2,1-2H3. The highest BCUT2D eigenvalue weighted by Crippen LogP contribution is 2.31. The van der Waals surface area contributed by atoms with E-state index in [-0.39, 0.29) is 12.1 Å². The molecule has 1 aliphatic rings. The maximum absolute atomic E-state index is 6.16. The zero-order valence-electron chi connectivity index (χ0n) is 9.85. The van der Waals surface area contributed by atoms with E-state index >= 15 is 0 Å². The molecule has 0 aromatic carbocycles. The van der Waals surface area contributed by atoms with Gasteiger partial charge in [-0.3, -0.25) is 4.90 Å². The lowest BCUT2D eigenvalue weighted by Crippen LogP contribution is -2.33. The molecule has 1 fully saturated rings.